The molecule has 0 radical (unpaired) electrons. The molecular formula is C72H81Cl3N6O30S12. The van der Waals surface area contributed by atoms with Gasteiger partial charge in [-0.3, -0.25) is 26.2 Å². The van der Waals surface area contributed by atoms with E-state index in [-0.39, 0.29) is 133 Å². The number of hydrogen-bond donors (Lipinski definition) is 6. The third-order valence-corrected chi connectivity index (χ3v) is 35.1. The number of halogens is 3. The zero-order valence-corrected chi connectivity index (χ0v) is 78.8. The summed E-state index contributed by atoms with van der Waals surface area (Å²) in [6.07, 6.45) is 0. The Bertz CT molecular complexity index is 7430. The minimum atomic E-state index is -4.93. The van der Waals surface area contributed by atoms with Crippen LogP contribution in [0.2, 0.25) is 0 Å². The molecule has 0 saturated heterocycles. The standard InChI is InChI=1S/C40H62N4O15S6.C16H8Cl3NO6S3.C16H11NO9S3/c1-38(2,3)25-57-60(45,46)20-17-42(10)63(51,52)33-23-32(41)28-13-14-30-34(64(53,54)43(11)18-21-61(47,48)58-26-39(4,5)6)24-35(31-16-15-29(33)36(28)37(30)31)65(55,56)44(12)19-22-62(49,50)59-27-40(7,8)9;17-27(21,22)12-5-11(20)7-1-2-9-13(28(18,23)24)6-14(29(19,25)26)10-4-3-8(12)15(7)16(9)10;17-11-5-12(27(18,19)20)8-3-4-10-14(29(24,25)26)6-13(28(21,22)23)9-2-1-7(11)15(8)16(9)10/h13-16,23-24H,17-22,25-27,41H2,1-12H3;1-6H,20H2;1-6H,17H2,(H,18,19,20)(H,21,22,23)(H,24,25,26). The van der Waals surface area contributed by atoms with E-state index in [0.29, 0.717) is 11.5 Å². The van der Waals surface area contributed by atoms with E-state index in [4.69, 9.17) is 61.8 Å². The second kappa shape index (κ2) is 33.3. The van der Waals surface area contributed by atoms with Gasteiger partial charge in [0.1, 0.15) is 14.7 Å². The minimum Gasteiger partial charge on any atom is -0.398 e. The summed E-state index contributed by atoms with van der Waals surface area (Å²) in [5.41, 5.74) is 16.7. The predicted octanol–water partition coefficient (Wildman–Crippen LogP) is 10.1. The van der Waals surface area contributed by atoms with Crippen LogP contribution in [0.5, 0.6) is 0 Å². The molecule has 0 heterocycles. The van der Waals surface area contributed by atoms with Crippen LogP contribution in [-0.2, 0) is 130 Å². The molecule has 12 rings (SSSR count). The minimum absolute atomic E-state index is 0.0187. The molecule has 0 aliphatic carbocycles. The maximum atomic E-state index is 14.6. The van der Waals surface area contributed by atoms with E-state index < -0.39 is 210 Å². The SMILES string of the molecule is CN(CCS(=O)(=O)OCC(C)(C)C)S(=O)(=O)c1cc(N)c2ccc3c(S(=O)(=O)N(C)CCS(=O)(=O)OCC(C)(C)C)cc(S(=O)(=O)N(C)CCS(=O)(=O)OCC(C)(C)C)c4ccc1c2c34.Nc1cc(S(=O)(=O)Cl)c2ccc3c(S(=O)(=O)Cl)cc(S(=O)(=O)Cl)c4ccc1c2c43.Nc1cc(S(=O)(=O)O)c2ccc3c(S(=O)(=O)O)cc(S(=O)(=O)O)c4ccc1c2c43. The highest BCUT2D eigenvalue weighted by molar-refractivity contribution is 8.15. The largest absolute Gasteiger partial charge is 0.398 e. The van der Waals surface area contributed by atoms with Crippen LogP contribution in [0.1, 0.15) is 62.3 Å². The number of benzene rings is 12. The first kappa shape index (κ1) is 98.3. The molecular weight excluding hydrogens is 1920 g/mol. The Labute approximate surface area is 724 Å². The summed E-state index contributed by atoms with van der Waals surface area (Å²) in [7, 11) is -34.5. The Kier molecular flexibility index (Phi) is 26.6. The number of anilines is 3. The van der Waals surface area contributed by atoms with E-state index in [1.807, 2.05) is 0 Å². The van der Waals surface area contributed by atoms with Gasteiger partial charge in [0.25, 0.3) is 87.9 Å². The van der Waals surface area contributed by atoms with Gasteiger partial charge in [0.05, 0.1) is 66.5 Å². The van der Waals surface area contributed by atoms with Crippen LogP contribution < -0.4 is 17.2 Å². The van der Waals surface area contributed by atoms with Gasteiger partial charge in [-0.1, -0.05) is 135 Å². The number of nitrogens with zero attached hydrogens (tertiary/aromatic N) is 3. The van der Waals surface area contributed by atoms with Gasteiger partial charge in [-0.2, -0.15) is 63.4 Å². The van der Waals surface area contributed by atoms with E-state index in [1.165, 1.54) is 78.9 Å². The van der Waals surface area contributed by atoms with Crippen LogP contribution in [0.25, 0.3) is 97.0 Å². The molecule has 12 aromatic carbocycles. The van der Waals surface area contributed by atoms with Crippen molar-refractivity contribution in [2.75, 3.05) is 95.1 Å². The van der Waals surface area contributed by atoms with E-state index in [0.717, 1.165) is 58.3 Å². The van der Waals surface area contributed by atoms with Crippen LogP contribution >= 0.6 is 32.0 Å². The van der Waals surface area contributed by atoms with E-state index in [2.05, 4.69) is 0 Å². The van der Waals surface area contributed by atoms with Crippen molar-refractivity contribution >= 4 is 264 Å². The monoisotopic (exact) mass is 2000 g/mol. The molecule has 0 fully saturated rings. The van der Waals surface area contributed by atoms with Crippen molar-refractivity contribution in [1.82, 2.24) is 12.9 Å². The summed E-state index contributed by atoms with van der Waals surface area (Å²) in [6.45, 7) is 13.5. The average molecular weight is 2000 g/mol. The lowest BCUT2D eigenvalue weighted by molar-refractivity contribution is 0.203. The Morgan fingerprint density at radius 3 is 0.667 bits per heavy atom. The zero-order chi connectivity index (χ0) is 92.8. The fourth-order valence-corrected chi connectivity index (χ4v) is 26.8. The molecule has 0 unspecified atom stereocenters. The first-order chi connectivity index (χ1) is 55.6. The van der Waals surface area contributed by atoms with Crippen molar-refractivity contribution in [2.45, 2.75) is 106 Å². The Morgan fingerprint density at radius 2 is 0.439 bits per heavy atom. The highest BCUT2D eigenvalue weighted by Crippen LogP contribution is 2.49. The smallest absolute Gasteiger partial charge is 0.295 e. The van der Waals surface area contributed by atoms with E-state index in [1.54, 1.807) is 62.3 Å². The lowest BCUT2D eigenvalue weighted by Gasteiger charge is -2.25. The lowest BCUT2D eigenvalue weighted by Crippen LogP contribution is -2.34. The van der Waals surface area contributed by atoms with Crippen LogP contribution in [0.4, 0.5) is 17.1 Å². The summed E-state index contributed by atoms with van der Waals surface area (Å²) in [5, 5.41) is 0.994. The van der Waals surface area contributed by atoms with Crippen molar-refractivity contribution in [2.24, 2.45) is 16.2 Å². The summed E-state index contributed by atoms with van der Waals surface area (Å²) < 4.78 is 354. The second-order valence-electron chi connectivity index (χ2n) is 32.2. The van der Waals surface area contributed by atoms with Gasteiger partial charge < -0.3 is 17.2 Å². The van der Waals surface area contributed by atoms with Crippen molar-refractivity contribution in [1.29, 1.82) is 0 Å². The zero-order valence-electron chi connectivity index (χ0n) is 66.7. The van der Waals surface area contributed by atoms with Crippen molar-refractivity contribution < 1.29 is 127 Å². The fraction of sp³-hybridized carbons (Fsp3) is 0.333. The molecule has 0 amide bonds. The molecule has 672 valence electrons. The summed E-state index contributed by atoms with van der Waals surface area (Å²) in [5.74, 6) is -2.23. The van der Waals surface area contributed by atoms with Crippen LogP contribution in [-0.4, -0.2) is 205 Å². The van der Waals surface area contributed by atoms with E-state index >= 15 is 0 Å². The maximum Gasteiger partial charge on any atom is 0.295 e. The third kappa shape index (κ3) is 20.8. The van der Waals surface area contributed by atoms with Gasteiger partial charge in [-0.25, -0.2) is 50.5 Å². The predicted molar refractivity (Wildman–Crippen MR) is 469 cm³/mol. The van der Waals surface area contributed by atoms with Gasteiger partial charge in [-0.05, 0) is 52.6 Å². The van der Waals surface area contributed by atoms with Crippen molar-refractivity contribution in [3.05, 3.63) is 109 Å². The van der Waals surface area contributed by atoms with Gasteiger partial charge in [0, 0.05) is 187 Å². The number of sulfonamides is 3. The average Bonchev–Trinajstić information content (AvgIpc) is 0.714. The number of nitrogens with two attached hydrogens (primary N) is 3. The highest BCUT2D eigenvalue weighted by Gasteiger charge is 2.38. The molecule has 0 aliphatic rings. The quantitative estimate of drug-likeness (QED) is 0.00916. The van der Waals surface area contributed by atoms with Gasteiger partial charge >= 0.3 is 0 Å². The fourth-order valence-electron chi connectivity index (χ4n) is 13.2. The number of nitrogen functional groups attached to an aromatic ring is 3. The molecule has 36 nitrogen and oxygen atoms in total. The van der Waals surface area contributed by atoms with Crippen molar-refractivity contribution in [3.8, 4) is 0 Å². The summed E-state index contributed by atoms with van der Waals surface area (Å²) >= 11 is 0. The highest BCUT2D eigenvalue weighted by atomic mass is 35.7. The Hall–Kier alpha value is -6.93. The third-order valence-electron chi connectivity index (χ3n) is 19.1. The molecule has 51 heteroatoms. The molecule has 0 aliphatic heterocycles. The molecule has 12 aromatic rings. The first-order valence-electron chi connectivity index (χ1n) is 35.5. The summed E-state index contributed by atoms with van der Waals surface area (Å²) in [4.78, 5) is -5.06. The van der Waals surface area contributed by atoms with Crippen LogP contribution in [0, 0.1) is 16.2 Å². The van der Waals surface area contributed by atoms with Crippen LogP contribution in [0.15, 0.2) is 153 Å². The molecule has 0 spiro atoms. The van der Waals surface area contributed by atoms with Crippen LogP contribution in [0.3, 0.4) is 0 Å². The molecule has 123 heavy (non-hydrogen) atoms. The topological polar surface area (TPSA) is 586 Å². The molecule has 0 aromatic heterocycles. The van der Waals surface area contributed by atoms with Gasteiger partial charge in [0.2, 0.25) is 30.1 Å². The number of rotatable bonds is 27. The molecule has 9 N–H and O–H groups in total. The normalized spacial score (nSPS) is 14.1. The maximum absolute atomic E-state index is 14.6. The summed E-state index contributed by atoms with van der Waals surface area (Å²) in [6, 6.07) is 21.7. The van der Waals surface area contributed by atoms with Gasteiger partial charge in [0.15, 0.2) is 0 Å². The van der Waals surface area contributed by atoms with Crippen molar-refractivity contribution in [3.63, 3.8) is 0 Å². The second-order valence-corrected chi connectivity index (χ2v) is 55.3. The van der Waals surface area contributed by atoms with E-state index in [9.17, 15) is 115 Å². The Balaban J connectivity index is 0.000000222. The molecule has 0 atom stereocenters. The Morgan fingerprint density at radius 1 is 0.276 bits per heavy atom. The van der Waals surface area contributed by atoms with Gasteiger partial charge in [-0.15, -0.1) is 0 Å². The molecule has 0 saturated carbocycles. The first-order valence-corrected chi connectivity index (χ1v) is 55.8. The number of hydrogen-bond acceptors (Lipinski definition) is 30. The molecule has 0 bridgehead atoms. The lowest BCUT2D eigenvalue weighted by atomic mass is 9.93.